The van der Waals surface area contributed by atoms with E-state index in [0.29, 0.717) is 0 Å². The molecule has 2 rings (SSSR count). The second kappa shape index (κ2) is 5.07. The van der Waals surface area contributed by atoms with Crippen molar-refractivity contribution in [3.63, 3.8) is 0 Å². The Morgan fingerprint density at radius 3 is 2.74 bits per heavy atom. The number of hydrogen-bond donors (Lipinski definition) is 2. The number of rotatable bonds is 3. The monoisotopic (exact) mass is 280 g/mol. The summed E-state index contributed by atoms with van der Waals surface area (Å²) in [5, 5.41) is 19.1. The van der Waals surface area contributed by atoms with E-state index in [9.17, 15) is 9.59 Å². The highest BCUT2D eigenvalue weighted by Crippen LogP contribution is 2.24. The molecule has 0 aliphatic rings. The Labute approximate surface area is 112 Å². The summed E-state index contributed by atoms with van der Waals surface area (Å²) in [7, 11) is 1.57. The first kappa shape index (κ1) is 13.0. The van der Waals surface area contributed by atoms with Crippen LogP contribution in [0.1, 0.15) is 20.8 Å². The molecule has 0 spiro atoms. The molecule has 1 heterocycles. The highest BCUT2D eigenvalue weighted by atomic mass is 35.5. The average Bonchev–Trinajstić information content (AvgIpc) is 2.75. The summed E-state index contributed by atoms with van der Waals surface area (Å²) in [4.78, 5) is 24.2. The lowest BCUT2D eigenvalue weighted by molar-refractivity contribution is 0.0698. The minimum Gasteiger partial charge on any atom is -0.478 e. The lowest BCUT2D eigenvalue weighted by Gasteiger charge is -2.08. The van der Waals surface area contributed by atoms with Gasteiger partial charge in [0.2, 0.25) is 0 Å². The normalized spacial score (nSPS) is 10.2. The number of benzene rings is 1. The van der Waals surface area contributed by atoms with Gasteiger partial charge >= 0.3 is 5.97 Å². The SMILES string of the molecule is Cn1ncc(C(=O)Nc2cccc(Cl)c2C(=O)O)n1. The summed E-state index contributed by atoms with van der Waals surface area (Å²) >= 11 is 5.79. The fourth-order valence-corrected chi connectivity index (χ4v) is 1.74. The molecule has 7 nitrogen and oxygen atoms in total. The van der Waals surface area contributed by atoms with E-state index in [0.717, 1.165) is 0 Å². The molecule has 1 aromatic carbocycles. The standard InChI is InChI=1S/C11H9ClN4O3/c1-16-13-5-8(15-16)10(17)14-7-4-2-3-6(12)9(7)11(18)19/h2-5H,1H3,(H,14,17)(H,18,19). The van der Waals surface area contributed by atoms with E-state index in [2.05, 4.69) is 15.5 Å². The molecule has 0 saturated heterocycles. The summed E-state index contributed by atoms with van der Waals surface area (Å²) in [6, 6.07) is 4.42. The Morgan fingerprint density at radius 1 is 1.42 bits per heavy atom. The minimum absolute atomic E-state index is 0.0458. The van der Waals surface area contributed by atoms with Crippen molar-refractivity contribution in [2.24, 2.45) is 7.05 Å². The number of aromatic carboxylic acids is 1. The Morgan fingerprint density at radius 2 is 2.16 bits per heavy atom. The number of carboxylic acids is 1. The zero-order valence-electron chi connectivity index (χ0n) is 9.79. The van der Waals surface area contributed by atoms with Crippen LogP contribution in [-0.2, 0) is 7.05 Å². The number of anilines is 1. The number of nitrogens with zero attached hydrogens (tertiary/aromatic N) is 3. The van der Waals surface area contributed by atoms with Crippen LogP contribution in [0.2, 0.25) is 5.02 Å². The van der Waals surface area contributed by atoms with Crippen LogP contribution in [0.4, 0.5) is 5.69 Å². The van der Waals surface area contributed by atoms with Crippen LogP contribution in [0.25, 0.3) is 0 Å². The third kappa shape index (κ3) is 2.71. The molecular weight excluding hydrogens is 272 g/mol. The molecule has 0 bridgehead atoms. The first-order valence-electron chi connectivity index (χ1n) is 5.18. The van der Waals surface area contributed by atoms with E-state index in [1.54, 1.807) is 13.1 Å². The Hall–Kier alpha value is -2.41. The number of carbonyl (C=O) groups is 2. The van der Waals surface area contributed by atoms with E-state index in [4.69, 9.17) is 16.7 Å². The molecule has 0 aliphatic heterocycles. The number of carbonyl (C=O) groups excluding carboxylic acids is 1. The molecule has 8 heteroatoms. The van der Waals surface area contributed by atoms with Crippen molar-refractivity contribution < 1.29 is 14.7 Å². The smallest absolute Gasteiger partial charge is 0.339 e. The second-order valence-electron chi connectivity index (χ2n) is 3.64. The van der Waals surface area contributed by atoms with E-state index < -0.39 is 11.9 Å². The third-order valence-corrected chi connectivity index (χ3v) is 2.62. The van der Waals surface area contributed by atoms with E-state index in [-0.39, 0.29) is 22.0 Å². The number of halogens is 1. The van der Waals surface area contributed by atoms with Crippen LogP contribution < -0.4 is 5.32 Å². The van der Waals surface area contributed by atoms with Crippen molar-refractivity contribution in [3.8, 4) is 0 Å². The van der Waals surface area contributed by atoms with Gasteiger partial charge in [-0.3, -0.25) is 4.79 Å². The van der Waals surface area contributed by atoms with Gasteiger partial charge in [0.1, 0.15) is 5.56 Å². The van der Waals surface area contributed by atoms with Gasteiger partial charge in [0.05, 0.1) is 16.9 Å². The molecule has 0 saturated carbocycles. The van der Waals surface area contributed by atoms with Crippen LogP contribution in [0, 0.1) is 0 Å². The Kier molecular flexibility index (Phi) is 3.48. The molecule has 0 fully saturated rings. The summed E-state index contributed by atoms with van der Waals surface area (Å²) in [6.07, 6.45) is 1.28. The molecule has 2 N–H and O–H groups in total. The number of hydrogen-bond acceptors (Lipinski definition) is 4. The minimum atomic E-state index is -1.22. The second-order valence-corrected chi connectivity index (χ2v) is 4.05. The number of carboxylic acid groups (broad SMARTS) is 1. The van der Waals surface area contributed by atoms with E-state index in [1.807, 2.05) is 0 Å². The molecule has 0 radical (unpaired) electrons. The molecule has 0 aliphatic carbocycles. The maximum Gasteiger partial charge on any atom is 0.339 e. The number of amides is 1. The number of aryl methyl sites for hydroxylation is 1. The maximum atomic E-state index is 11.9. The summed E-state index contributed by atoms with van der Waals surface area (Å²) < 4.78 is 0. The van der Waals surface area contributed by atoms with E-state index in [1.165, 1.54) is 23.1 Å². The van der Waals surface area contributed by atoms with E-state index >= 15 is 0 Å². The first-order valence-corrected chi connectivity index (χ1v) is 5.56. The highest BCUT2D eigenvalue weighted by Gasteiger charge is 2.18. The van der Waals surface area contributed by atoms with Crippen LogP contribution in [0.15, 0.2) is 24.4 Å². The molecule has 19 heavy (non-hydrogen) atoms. The molecule has 98 valence electrons. The van der Waals surface area contributed by atoms with Gasteiger partial charge in [0.15, 0.2) is 5.69 Å². The maximum absolute atomic E-state index is 11.9. The van der Waals surface area contributed by atoms with Gasteiger partial charge in [-0.25, -0.2) is 4.79 Å². The zero-order valence-corrected chi connectivity index (χ0v) is 10.5. The molecule has 1 amide bonds. The summed E-state index contributed by atoms with van der Waals surface area (Å²) in [5.41, 5.74) is 0.0240. The van der Waals surface area contributed by atoms with Crippen LogP contribution >= 0.6 is 11.6 Å². The summed E-state index contributed by atoms with van der Waals surface area (Å²) in [5.74, 6) is -1.78. The third-order valence-electron chi connectivity index (χ3n) is 2.31. The van der Waals surface area contributed by atoms with Crippen molar-refractivity contribution >= 4 is 29.2 Å². The fraction of sp³-hybridized carbons (Fsp3) is 0.0909. The Bertz CT molecular complexity index is 653. The number of aromatic nitrogens is 3. The lowest BCUT2D eigenvalue weighted by atomic mass is 10.1. The molecule has 2 aromatic rings. The van der Waals surface area contributed by atoms with Gasteiger partial charge < -0.3 is 10.4 Å². The van der Waals surface area contributed by atoms with Gasteiger partial charge in [0, 0.05) is 7.05 Å². The Balaban J connectivity index is 2.31. The van der Waals surface area contributed by atoms with Crippen molar-refractivity contribution in [1.29, 1.82) is 0 Å². The molecule has 0 atom stereocenters. The molecule has 1 aromatic heterocycles. The fourth-order valence-electron chi connectivity index (χ4n) is 1.48. The van der Waals surface area contributed by atoms with Crippen LogP contribution in [-0.4, -0.2) is 32.0 Å². The van der Waals surface area contributed by atoms with Crippen LogP contribution in [0.3, 0.4) is 0 Å². The van der Waals surface area contributed by atoms with Crippen molar-refractivity contribution in [2.75, 3.05) is 5.32 Å². The zero-order chi connectivity index (χ0) is 14.0. The predicted octanol–water partition coefficient (Wildman–Crippen LogP) is 1.42. The largest absolute Gasteiger partial charge is 0.478 e. The quantitative estimate of drug-likeness (QED) is 0.886. The van der Waals surface area contributed by atoms with Crippen LogP contribution in [0.5, 0.6) is 0 Å². The van der Waals surface area contributed by atoms with Gasteiger partial charge in [-0.1, -0.05) is 17.7 Å². The van der Waals surface area contributed by atoms with Gasteiger partial charge in [0.25, 0.3) is 5.91 Å². The topological polar surface area (TPSA) is 97.1 Å². The average molecular weight is 281 g/mol. The van der Waals surface area contributed by atoms with Crippen molar-refractivity contribution in [1.82, 2.24) is 15.0 Å². The van der Waals surface area contributed by atoms with Gasteiger partial charge in [-0.05, 0) is 12.1 Å². The lowest BCUT2D eigenvalue weighted by Crippen LogP contribution is -2.16. The first-order chi connectivity index (χ1) is 8.99. The van der Waals surface area contributed by atoms with Gasteiger partial charge in [-0.2, -0.15) is 9.90 Å². The molecule has 0 unspecified atom stereocenters. The molecular formula is C11H9ClN4O3. The number of nitrogens with one attached hydrogen (secondary N) is 1. The van der Waals surface area contributed by atoms with Gasteiger partial charge in [-0.15, -0.1) is 5.10 Å². The van der Waals surface area contributed by atoms with Crippen molar-refractivity contribution in [3.05, 3.63) is 40.7 Å². The summed E-state index contributed by atoms with van der Waals surface area (Å²) in [6.45, 7) is 0. The predicted molar refractivity (Wildman–Crippen MR) is 67.4 cm³/mol. The highest BCUT2D eigenvalue weighted by molar-refractivity contribution is 6.34. The van der Waals surface area contributed by atoms with Crippen molar-refractivity contribution in [2.45, 2.75) is 0 Å².